The van der Waals surface area contributed by atoms with E-state index in [0.29, 0.717) is 0 Å². The van der Waals surface area contributed by atoms with E-state index in [9.17, 15) is 0 Å². The molecular weight excluding hydrogens is 400 g/mol. The van der Waals surface area contributed by atoms with Crippen LogP contribution < -0.4 is 0 Å². The van der Waals surface area contributed by atoms with Gasteiger partial charge in [-0.1, -0.05) is 63.1 Å². The Bertz CT molecular complexity index is 250. The first kappa shape index (κ1) is 26.9. The van der Waals surface area contributed by atoms with Gasteiger partial charge in [-0.15, -0.1) is 13.8 Å². The van der Waals surface area contributed by atoms with Crippen LogP contribution in [0, 0.1) is 26.0 Å². The largest absolute Gasteiger partial charge is 2.00 e. The molecule has 0 saturated heterocycles. The van der Waals surface area contributed by atoms with Gasteiger partial charge in [0, 0.05) is 0 Å². The Morgan fingerprint density at radius 2 is 0.895 bits per heavy atom. The van der Waals surface area contributed by atoms with Crippen molar-refractivity contribution in [1.82, 2.24) is 0 Å². The van der Waals surface area contributed by atoms with Gasteiger partial charge in [-0.25, -0.2) is 0 Å². The minimum absolute atomic E-state index is 0. The predicted molar refractivity (Wildman–Crippen MR) is 85.6 cm³/mol. The Balaban J connectivity index is -0.0000000922. The molecule has 0 saturated carbocycles. The molecule has 0 aliphatic heterocycles. The van der Waals surface area contributed by atoms with Crippen molar-refractivity contribution in [2.75, 3.05) is 0 Å². The fraction of sp³-hybridized carbons (Fsp3) is 0.444. The van der Waals surface area contributed by atoms with Crippen molar-refractivity contribution < 1.29 is 21.1 Å². The number of allylic oxidation sites excluding steroid dienone is 4. The summed E-state index contributed by atoms with van der Waals surface area (Å²) in [5.41, 5.74) is 2.66. The summed E-state index contributed by atoms with van der Waals surface area (Å²) in [6.07, 6.45) is 9.29. The van der Waals surface area contributed by atoms with Gasteiger partial charge in [-0.3, -0.25) is 0 Å². The normalized spacial score (nSPS) is 8.21. The molecule has 0 amide bonds. The molecule has 0 spiro atoms. The zero-order valence-electron chi connectivity index (χ0n) is 13.9. The molecule has 0 aliphatic carbocycles. The second kappa shape index (κ2) is 26.1. The van der Waals surface area contributed by atoms with E-state index >= 15 is 0 Å². The van der Waals surface area contributed by atoms with Crippen LogP contribution in [0.3, 0.4) is 0 Å². The maximum Gasteiger partial charge on any atom is 2.00 e. The number of hydrogen-bond acceptors (Lipinski definition) is 0. The summed E-state index contributed by atoms with van der Waals surface area (Å²) in [6.45, 7) is 15.9. The van der Waals surface area contributed by atoms with Crippen molar-refractivity contribution in [3.8, 4) is 0 Å². The topological polar surface area (TPSA) is 0 Å². The molecule has 0 aromatic heterocycles. The Hall–Kier alpha value is -0.612. The van der Waals surface area contributed by atoms with Crippen molar-refractivity contribution in [3.63, 3.8) is 0 Å². The molecule has 0 nitrogen and oxygen atoms in total. The van der Waals surface area contributed by atoms with Crippen molar-refractivity contribution in [2.24, 2.45) is 0 Å². The molecular formula is C18H30W. The Morgan fingerprint density at radius 3 is 1.05 bits per heavy atom. The first-order chi connectivity index (χ1) is 8.70. The molecule has 1 aromatic carbocycles. The Morgan fingerprint density at radius 1 is 0.684 bits per heavy atom. The van der Waals surface area contributed by atoms with Gasteiger partial charge in [0.25, 0.3) is 0 Å². The maximum absolute atomic E-state index is 2.83. The van der Waals surface area contributed by atoms with Gasteiger partial charge < -0.3 is 24.3 Å². The molecule has 0 unspecified atom stereocenters. The zero-order valence-corrected chi connectivity index (χ0v) is 16.8. The van der Waals surface area contributed by atoms with Crippen molar-refractivity contribution in [1.29, 1.82) is 0 Å². The van der Waals surface area contributed by atoms with E-state index in [1.54, 1.807) is 0 Å². The van der Waals surface area contributed by atoms with Crippen LogP contribution in [0.15, 0.2) is 36.4 Å². The minimum Gasteiger partial charge on any atom is -0.391 e. The average molecular weight is 430 g/mol. The summed E-state index contributed by atoms with van der Waals surface area (Å²) in [5, 5.41) is 0. The molecule has 0 radical (unpaired) electrons. The molecule has 0 aliphatic rings. The van der Waals surface area contributed by atoms with Crippen LogP contribution in [0.25, 0.3) is 0 Å². The number of aryl methyl sites for hydroxylation is 2. The van der Waals surface area contributed by atoms with Gasteiger partial charge in [0.2, 0.25) is 0 Å². The molecule has 19 heavy (non-hydrogen) atoms. The summed E-state index contributed by atoms with van der Waals surface area (Å²) in [5.74, 6) is 0. The second-order valence-electron chi connectivity index (χ2n) is 3.07. The van der Waals surface area contributed by atoms with Gasteiger partial charge in [0.05, 0.1) is 0 Å². The summed E-state index contributed by atoms with van der Waals surface area (Å²) in [6, 6.07) is 8.48. The smallest absolute Gasteiger partial charge is 0.391 e. The first-order valence-corrected chi connectivity index (χ1v) is 6.73. The standard InChI is InChI=1S/C8H10.C6H8.2C2H6.W/c1-7-3-5-8(2)6-4-7;1-3-5-6-4-2;2*1-2;/h3-6H,1-2H3;5-6H,1-2H3;2*1-2H3;/q;-2;;;+2. The quantitative estimate of drug-likeness (QED) is 0.373. The van der Waals surface area contributed by atoms with Crippen LogP contribution in [-0.2, 0) is 21.1 Å². The van der Waals surface area contributed by atoms with Gasteiger partial charge in [-0.05, 0) is 13.8 Å². The fourth-order valence-electron chi connectivity index (χ4n) is 0.804. The van der Waals surface area contributed by atoms with Crippen LogP contribution in [-0.4, -0.2) is 0 Å². The van der Waals surface area contributed by atoms with Gasteiger partial charge in [-0.2, -0.15) is 0 Å². The van der Waals surface area contributed by atoms with E-state index in [1.807, 2.05) is 53.7 Å². The number of benzene rings is 1. The van der Waals surface area contributed by atoms with Crippen LogP contribution in [0.5, 0.6) is 0 Å². The van der Waals surface area contributed by atoms with E-state index in [4.69, 9.17) is 0 Å². The summed E-state index contributed by atoms with van der Waals surface area (Å²) in [7, 11) is 0. The van der Waals surface area contributed by atoms with E-state index < -0.39 is 0 Å². The maximum atomic E-state index is 2.83. The molecule has 1 heteroatoms. The van der Waals surface area contributed by atoms with Gasteiger partial charge in [0.1, 0.15) is 0 Å². The zero-order chi connectivity index (χ0) is 14.8. The molecule has 0 heterocycles. The van der Waals surface area contributed by atoms with E-state index in [0.717, 1.165) is 0 Å². The number of hydrogen-bond donors (Lipinski definition) is 0. The average Bonchev–Trinajstić information content (AvgIpc) is 2.45. The third-order valence-electron chi connectivity index (χ3n) is 1.63. The Kier molecular flexibility index (Phi) is 36.8. The van der Waals surface area contributed by atoms with Crippen LogP contribution in [0.2, 0.25) is 0 Å². The van der Waals surface area contributed by atoms with Gasteiger partial charge >= 0.3 is 21.1 Å². The molecule has 0 N–H and O–H groups in total. The summed E-state index contributed by atoms with van der Waals surface area (Å²) >= 11 is 0. The van der Waals surface area contributed by atoms with Crippen molar-refractivity contribution in [2.45, 2.75) is 55.4 Å². The SMILES string of the molecule is CC.CC.C[C-]=CC=[C-]C.Cc1ccc(C)cc1.[W+2]. The third-order valence-corrected chi connectivity index (χ3v) is 1.63. The van der Waals surface area contributed by atoms with E-state index in [2.05, 4.69) is 50.3 Å². The minimum atomic E-state index is 0. The van der Waals surface area contributed by atoms with Crippen molar-refractivity contribution >= 4 is 0 Å². The molecule has 1 aromatic rings. The summed E-state index contributed by atoms with van der Waals surface area (Å²) in [4.78, 5) is 0. The Labute approximate surface area is 136 Å². The molecule has 0 fully saturated rings. The number of rotatable bonds is 1. The second-order valence-corrected chi connectivity index (χ2v) is 3.07. The van der Waals surface area contributed by atoms with Crippen molar-refractivity contribution in [3.05, 3.63) is 59.7 Å². The predicted octanol–water partition coefficient (Wildman–Crippen LogP) is 6.10. The van der Waals surface area contributed by atoms with Gasteiger partial charge in [0.15, 0.2) is 0 Å². The van der Waals surface area contributed by atoms with E-state index in [-0.39, 0.29) is 21.1 Å². The van der Waals surface area contributed by atoms with E-state index in [1.165, 1.54) is 11.1 Å². The molecule has 0 bridgehead atoms. The fourth-order valence-corrected chi connectivity index (χ4v) is 0.804. The summed E-state index contributed by atoms with van der Waals surface area (Å²) < 4.78 is 0. The van der Waals surface area contributed by atoms with Crippen LogP contribution >= 0.6 is 0 Å². The molecule has 108 valence electrons. The monoisotopic (exact) mass is 430 g/mol. The first-order valence-electron chi connectivity index (χ1n) is 6.73. The third kappa shape index (κ3) is 26.8. The molecule has 0 atom stereocenters. The molecule has 1 rings (SSSR count). The van der Waals surface area contributed by atoms with Crippen LogP contribution in [0.1, 0.15) is 52.7 Å². The van der Waals surface area contributed by atoms with Crippen LogP contribution in [0.4, 0.5) is 0 Å².